The molecule has 1 unspecified atom stereocenters. The van der Waals surface area contributed by atoms with E-state index < -0.39 is 46.5 Å². The van der Waals surface area contributed by atoms with Gasteiger partial charge in [0, 0.05) is 0 Å². The van der Waals surface area contributed by atoms with Crippen LogP contribution in [0.15, 0.2) is 47.4 Å². The molecule has 8 nitrogen and oxygen atoms in total. The van der Waals surface area contributed by atoms with Crippen LogP contribution in [0, 0.1) is 24.7 Å². The van der Waals surface area contributed by atoms with E-state index >= 15 is 0 Å². The standard InChI is InChI=1S/C27H35NO7S/c1-18-12-13-19(2)22(14-18)28(16-33-24(30)26(3,4)5)36(32)21-11-9-10-20(15-21)23(29)34-17-35-25(31)27(6,7)8/h9-15H,16-17H2,1-8H3. The van der Waals surface area contributed by atoms with Gasteiger partial charge in [0.1, 0.15) is 0 Å². The van der Waals surface area contributed by atoms with Crippen molar-refractivity contribution in [2.75, 3.05) is 17.8 Å². The van der Waals surface area contributed by atoms with E-state index in [4.69, 9.17) is 14.2 Å². The number of ether oxygens (including phenoxy) is 3. The van der Waals surface area contributed by atoms with Gasteiger partial charge in [-0.25, -0.2) is 9.00 Å². The van der Waals surface area contributed by atoms with Crippen LogP contribution in [0.4, 0.5) is 5.69 Å². The minimum atomic E-state index is -1.82. The minimum absolute atomic E-state index is 0.139. The maximum absolute atomic E-state index is 13.7. The molecule has 0 bridgehead atoms. The maximum atomic E-state index is 13.7. The Bertz CT molecular complexity index is 1150. The average molecular weight is 518 g/mol. The molecule has 36 heavy (non-hydrogen) atoms. The number of rotatable bonds is 8. The van der Waals surface area contributed by atoms with Crippen LogP contribution in [-0.2, 0) is 34.8 Å². The number of nitrogens with zero attached hydrogens (tertiary/aromatic N) is 1. The predicted octanol–water partition coefficient (Wildman–Crippen LogP) is 5.08. The van der Waals surface area contributed by atoms with Gasteiger partial charge >= 0.3 is 17.9 Å². The van der Waals surface area contributed by atoms with E-state index in [0.29, 0.717) is 10.6 Å². The molecule has 0 aliphatic carbocycles. The molecule has 9 heteroatoms. The molecule has 0 saturated carbocycles. The Hall–Kier alpha value is -3.20. The van der Waals surface area contributed by atoms with Gasteiger partial charge in [-0.15, -0.1) is 0 Å². The second kappa shape index (κ2) is 11.7. The fraction of sp³-hybridized carbons (Fsp3) is 0.444. The lowest BCUT2D eigenvalue weighted by Crippen LogP contribution is -2.34. The summed E-state index contributed by atoms with van der Waals surface area (Å²) in [5.74, 6) is -1.66. The first-order chi connectivity index (χ1) is 16.6. The van der Waals surface area contributed by atoms with Crippen molar-refractivity contribution < 1.29 is 32.8 Å². The van der Waals surface area contributed by atoms with E-state index in [2.05, 4.69) is 0 Å². The van der Waals surface area contributed by atoms with E-state index in [1.165, 1.54) is 16.4 Å². The van der Waals surface area contributed by atoms with Crippen LogP contribution in [0.5, 0.6) is 0 Å². The number of aryl methyl sites for hydroxylation is 2. The Morgan fingerprint density at radius 2 is 1.44 bits per heavy atom. The molecular formula is C27H35NO7S. The lowest BCUT2D eigenvalue weighted by molar-refractivity contribution is -0.161. The monoisotopic (exact) mass is 517 g/mol. The van der Waals surface area contributed by atoms with E-state index in [-0.39, 0.29) is 12.3 Å². The molecule has 2 rings (SSSR count). The Morgan fingerprint density at radius 3 is 2.06 bits per heavy atom. The number of hydrogen-bond donors (Lipinski definition) is 0. The summed E-state index contributed by atoms with van der Waals surface area (Å²) in [5.41, 5.74) is 1.11. The van der Waals surface area contributed by atoms with Gasteiger partial charge in [0.25, 0.3) is 0 Å². The molecule has 0 aliphatic rings. The highest BCUT2D eigenvalue weighted by Gasteiger charge is 2.27. The van der Waals surface area contributed by atoms with Crippen LogP contribution in [0.3, 0.4) is 0 Å². The molecule has 0 amide bonds. The van der Waals surface area contributed by atoms with Crippen molar-refractivity contribution >= 4 is 34.6 Å². The zero-order chi connectivity index (χ0) is 27.3. The number of benzene rings is 2. The SMILES string of the molecule is Cc1ccc(C)c(N(COC(=O)C(C)(C)C)S(=O)c2cccc(C(=O)OCOC(=O)C(C)(C)C)c2)c1. The van der Waals surface area contributed by atoms with Crippen LogP contribution < -0.4 is 4.31 Å². The molecule has 0 heterocycles. The lowest BCUT2D eigenvalue weighted by Gasteiger charge is -2.27. The molecule has 1 atom stereocenters. The highest BCUT2D eigenvalue weighted by molar-refractivity contribution is 7.86. The third kappa shape index (κ3) is 7.91. The first-order valence-corrected chi connectivity index (χ1v) is 12.6. The minimum Gasteiger partial charge on any atom is -0.443 e. The second-order valence-corrected chi connectivity index (χ2v) is 11.9. The van der Waals surface area contributed by atoms with Gasteiger partial charge in [-0.2, -0.15) is 0 Å². The van der Waals surface area contributed by atoms with E-state index in [9.17, 15) is 18.6 Å². The van der Waals surface area contributed by atoms with Crippen molar-refractivity contribution in [3.05, 3.63) is 59.2 Å². The molecule has 0 radical (unpaired) electrons. The topological polar surface area (TPSA) is 99.2 Å². The first kappa shape index (κ1) is 29.0. The Balaban J connectivity index is 2.28. The number of carbonyl (C=O) groups is 3. The highest BCUT2D eigenvalue weighted by atomic mass is 32.2. The third-order valence-corrected chi connectivity index (χ3v) is 6.38. The summed E-state index contributed by atoms with van der Waals surface area (Å²) in [6, 6.07) is 11.8. The van der Waals surface area contributed by atoms with Crippen LogP contribution in [-0.4, -0.2) is 35.6 Å². The molecule has 0 aliphatic heterocycles. The summed E-state index contributed by atoms with van der Waals surface area (Å²) in [6.45, 7) is 13.3. The van der Waals surface area contributed by atoms with Crippen molar-refractivity contribution in [1.82, 2.24) is 0 Å². The number of hydrogen-bond acceptors (Lipinski definition) is 7. The zero-order valence-corrected chi connectivity index (χ0v) is 23.0. The van der Waals surface area contributed by atoms with Crippen LogP contribution in [0.1, 0.15) is 63.0 Å². The summed E-state index contributed by atoms with van der Waals surface area (Å²) >= 11 is 0. The van der Waals surface area contributed by atoms with Crippen LogP contribution in [0.2, 0.25) is 0 Å². The van der Waals surface area contributed by atoms with E-state index in [0.717, 1.165) is 11.1 Å². The number of esters is 3. The second-order valence-electron chi connectivity index (χ2n) is 10.5. The highest BCUT2D eigenvalue weighted by Crippen LogP contribution is 2.27. The van der Waals surface area contributed by atoms with Crippen molar-refractivity contribution in [1.29, 1.82) is 0 Å². The fourth-order valence-electron chi connectivity index (χ4n) is 2.82. The van der Waals surface area contributed by atoms with Crippen molar-refractivity contribution in [3.63, 3.8) is 0 Å². The van der Waals surface area contributed by atoms with Crippen molar-refractivity contribution in [2.45, 2.75) is 60.3 Å². The molecule has 0 N–H and O–H groups in total. The largest absolute Gasteiger partial charge is 0.443 e. The molecule has 2 aromatic rings. The van der Waals surface area contributed by atoms with Gasteiger partial charge in [0.05, 0.1) is 27.0 Å². The number of anilines is 1. The molecular weight excluding hydrogens is 482 g/mol. The van der Waals surface area contributed by atoms with Crippen molar-refractivity contribution in [2.24, 2.45) is 10.8 Å². The average Bonchev–Trinajstić information content (AvgIpc) is 2.79. The summed E-state index contributed by atoms with van der Waals surface area (Å²) < 4.78 is 30.7. The summed E-state index contributed by atoms with van der Waals surface area (Å²) in [7, 11) is -1.82. The summed E-state index contributed by atoms with van der Waals surface area (Å²) in [6.07, 6.45) is 0. The Kier molecular flexibility index (Phi) is 9.43. The smallest absolute Gasteiger partial charge is 0.341 e. The van der Waals surface area contributed by atoms with Gasteiger partial charge in [-0.05, 0) is 90.8 Å². The molecule has 2 aromatic carbocycles. The normalized spacial score (nSPS) is 12.4. The molecule has 0 saturated heterocycles. The zero-order valence-electron chi connectivity index (χ0n) is 22.2. The molecule has 0 fully saturated rings. The Labute approximate surface area is 215 Å². The Morgan fingerprint density at radius 1 is 0.833 bits per heavy atom. The molecule has 0 aromatic heterocycles. The van der Waals surface area contributed by atoms with Gasteiger partial charge < -0.3 is 14.2 Å². The van der Waals surface area contributed by atoms with E-state index in [1.807, 2.05) is 32.0 Å². The molecule has 0 spiro atoms. The lowest BCUT2D eigenvalue weighted by atomic mass is 9.97. The van der Waals surface area contributed by atoms with Crippen molar-refractivity contribution in [3.8, 4) is 0 Å². The fourth-order valence-corrected chi connectivity index (χ4v) is 4.02. The third-order valence-electron chi connectivity index (χ3n) is 5.02. The summed E-state index contributed by atoms with van der Waals surface area (Å²) in [5, 5.41) is 0. The first-order valence-electron chi connectivity index (χ1n) is 11.5. The number of carbonyl (C=O) groups excluding carboxylic acids is 3. The van der Waals surface area contributed by atoms with Gasteiger partial charge in [0.2, 0.25) is 6.79 Å². The summed E-state index contributed by atoms with van der Waals surface area (Å²) in [4.78, 5) is 37.1. The predicted molar refractivity (Wildman–Crippen MR) is 137 cm³/mol. The quantitative estimate of drug-likeness (QED) is 0.355. The van der Waals surface area contributed by atoms with E-state index in [1.54, 1.807) is 53.7 Å². The van der Waals surface area contributed by atoms with Gasteiger partial charge in [-0.1, -0.05) is 18.2 Å². The van der Waals surface area contributed by atoms with Gasteiger partial charge in [-0.3, -0.25) is 13.9 Å². The van der Waals surface area contributed by atoms with Crippen LogP contribution >= 0.6 is 0 Å². The molecule has 196 valence electrons. The van der Waals surface area contributed by atoms with Crippen LogP contribution in [0.25, 0.3) is 0 Å². The maximum Gasteiger partial charge on any atom is 0.341 e. The van der Waals surface area contributed by atoms with Gasteiger partial charge in [0.15, 0.2) is 17.7 Å².